The summed E-state index contributed by atoms with van der Waals surface area (Å²) in [6.45, 7) is -8.06. The van der Waals surface area contributed by atoms with Gasteiger partial charge in [0.05, 0.1) is 46.2 Å². The fourth-order valence-corrected chi connectivity index (χ4v) is 10.4. The maximum absolute atomic E-state index is 12.0. The molecular weight excluding hydrogens is 1080 g/mol. The number of ether oxygens (including phenoxy) is 14. The second kappa shape index (κ2) is 25.8. The molecule has 23 heterocycles. The summed E-state index contributed by atoms with van der Waals surface area (Å²) in [4.78, 5) is 0. The molecule has 0 saturated carbocycles. The van der Waals surface area contributed by atoms with Crippen LogP contribution in [0.2, 0.25) is 0 Å². The summed E-state index contributed by atoms with van der Waals surface area (Å²) in [7, 11) is 0. The van der Waals surface area contributed by atoms with E-state index in [2.05, 4.69) is 0 Å². The normalized spacial score (nSPS) is 55.6. The van der Waals surface area contributed by atoms with Gasteiger partial charge in [-0.15, -0.1) is 0 Å². The maximum Gasteiger partial charge on any atom is 0.221 e. The molecule has 23 rings (SSSR count). The minimum atomic E-state index is -3.08. The number of aliphatic hydroxyl groups is 22. The molecule has 0 aromatic rings. The zero-order valence-electron chi connectivity index (χ0n) is 40.6. The Balaban J connectivity index is 1.14. The van der Waals surface area contributed by atoms with E-state index in [1.165, 1.54) is 0 Å². The summed E-state index contributed by atoms with van der Waals surface area (Å²) in [6.07, 6.45) is -72.0. The highest BCUT2D eigenvalue weighted by Gasteiger charge is 2.61. The molecule has 22 N–H and O–H groups in total. The van der Waals surface area contributed by atoms with Crippen LogP contribution < -0.4 is 0 Å². The first-order chi connectivity index (χ1) is 37.0. The van der Waals surface area contributed by atoms with Crippen molar-refractivity contribution in [2.45, 2.75) is 215 Å². The molecule has 36 heteroatoms. The average molecular weight is 1150 g/mol. The first-order valence-corrected chi connectivity index (χ1v) is 24.7. The van der Waals surface area contributed by atoms with Gasteiger partial charge in [0.2, 0.25) is 5.79 Å². The largest absolute Gasteiger partial charge is 0.394 e. The van der Waals surface area contributed by atoms with E-state index in [1.807, 2.05) is 0 Å². The molecule has 23 saturated heterocycles. The summed E-state index contributed by atoms with van der Waals surface area (Å²) in [5, 5.41) is 241. The Kier molecular flexibility index (Phi) is 20.7. The maximum atomic E-state index is 12.0. The Morgan fingerprint density at radius 3 is 0.782 bits per heavy atom. The van der Waals surface area contributed by atoms with Gasteiger partial charge in [0.1, 0.15) is 165 Å². The molecule has 36 nitrogen and oxygen atoms in total. The van der Waals surface area contributed by atoms with Crippen LogP contribution >= 0.6 is 0 Å². The highest BCUT2D eigenvalue weighted by atomic mass is 16.8. The van der Waals surface area contributed by atoms with E-state index in [0.717, 1.165) is 0 Å². The van der Waals surface area contributed by atoms with E-state index in [4.69, 9.17) is 66.3 Å². The van der Waals surface area contributed by atoms with Crippen LogP contribution in [0.25, 0.3) is 0 Å². The molecule has 0 radical (unpaired) electrons. The lowest BCUT2D eigenvalue weighted by Crippen LogP contribution is -2.70. The lowest BCUT2D eigenvalue weighted by molar-refractivity contribution is -0.430. The lowest BCUT2D eigenvalue weighted by Gasteiger charge is -2.52. The van der Waals surface area contributed by atoms with Gasteiger partial charge in [-0.2, -0.15) is 0 Å². The molecule has 0 aromatic carbocycles. The highest BCUT2D eigenvalue weighted by molar-refractivity contribution is 5.02. The van der Waals surface area contributed by atoms with E-state index < -0.39 is 261 Å². The van der Waals surface area contributed by atoms with Crippen molar-refractivity contribution in [2.24, 2.45) is 0 Å². The third-order valence-corrected chi connectivity index (χ3v) is 14.9. The molecule has 12 bridgehead atoms. The summed E-state index contributed by atoms with van der Waals surface area (Å²) >= 11 is 0. The number of hydrogen-bond donors (Lipinski definition) is 22. The fraction of sp³-hybridized carbons (Fsp3) is 1.00. The number of rotatable bonds is 9. The van der Waals surface area contributed by atoms with Gasteiger partial charge in [-0.1, -0.05) is 0 Å². The summed E-state index contributed by atoms with van der Waals surface area (Å²) < 4.78 is 79.9. The van der Waals surface area contributed by atoms with Crippen LogP contribution in [-0.4, -0.2) is 373 Å². The Labute approximate surface area is 439 Å². The van der Waals surface area contributed by atoms with Gasteiger partial charge >= 0.3 is 0 Å². The van der Waals surface area contributed by atoms with Gasteiger partial charge in [-0.25, -0.2) is 0 Å². The molecule has 23 aliphatic rings. The molecule has 35 atom stereocenters. The molecule has 23 aliphatic heterocycles. The molecule has 78 heavy (non-hydrogen) atoms. The third kappa shape index (κ3) is 11.8. The molecule has 0 aromatic heterocycles. The molecular formula is C42H70O36. The predicted molar refractivity (Wildman–Crippen MR) is 230 cm³/mol. The lowest BCUT2D eigenvalue weighted by atomic mass is 9.94. The van der Waals surface area contributed by atoms with Crippen molar-refractivity contribution in [1.82, 2.24) is 0 Å². The van der Waals surface area contributed by atoms with E-state index in [0.29, 0.717) is 0 Å². The van der Waals surface area contributed by atoms with Crippen LogP contribution in [-0.2, 0) is 66.3 Å². The van der Waals surface area contributed by atoms with Crippen LogP contribution in [0, 0.1) is 0 Å². The van der Waals surface area contributed by atoms with Gasteiger partial charge in [0.15, 0.2) is 44.0 Å². The second-order valence-electron chi connectivity index (χ2n) is 19.9. The van der Waals surface area contributed by atoms with E-state index in [-0.39, 0.29) is 0 Å². The Bertz CT molecular complexity index is 1870. The standard InChI is InChI=1S/C42H70O36/c43-1-8-27-14(50)20(56)35(65-8)72-28-9(2-44)67-37(22(58)16(28)52)74-30-11(4-46)69-39(24(60)18(30)54)76-32-13(6-48)70-40(26(62)33(32)77-41-25(61)19(55)34(63)42(64,7-49)78-41)75-31-12(5-47)68-38(23(59)17(31)53)73-29-10(3-45)66-36(71-27)21(57)15(29)51/h8-41,43-64H,1-7H2/t8-,9-,10-,11-,12-,13-,14?,15?,16?,17?,18?,19-,20?,21?,22?,23?,24?,25+,26?,27-,28-,29-,30-,31-,32?,33?,34+,35-,36-,37-,38-,39?,40-,41?,42+/m1/s1. The van der Waals surface area contributed by atoms with E-state index in [9.17, 15) is 112 Å². The topological polar surface area (TPSA) is 574 Å². The van der Waals surface area contributed by atoms with Crippen molar-refractivity contribution in [3.63, 3.8) is 0 Å². The summed E-state index contributed by atoms with van der Waals surface area (Å²) in [5.74, 6) is -3.08. The minimum absolute atomic E-state index is 1.04. The molecule has 454 valence electrons. The summed E-state index contributed by atoms with van der Waals surface area (Å²) in [6, 6.07) is 0. The van der Waals surface area contributed by atoms with Gasteiger partial charge in [0, 0.05) is 0 Å². The zero-order valence-corrected chi connectivity index (χ0v) is 40.6. The first kappa shape index (κ1) is 62.6. The van der Waals surface area contributed by atoms with Crippen molar-refractivity contribution in [3.8, 4) is 0 Å². The fourth-order valence-electron chi connectivity index (χ4n) is 10.4. The number of aliphatic hydroxyl groups excluding tert-OH is 21. The van der Waals surface area contributed by atoms with Gasteiger partial charge in [-0.05, 0) is 0 Å². The van der Waals surface area contributed by atoms with Crippen LogP contribution in [0.3, 0.4) is 0 Å². The second-order valence-corrected chi connectivity index (χ2v) is 19.9. The van der Waals surface area contributed by atoms with Crippen molar-refractivity contribution in [2.75, 3.05) is 46.2 Å². The van der Waals surface area contributed by atoms with Crippen LogP contribution in [0.4, 0.5) is 0 Å². The third-order valence-electron chi connectivity index (χ3n) is 14.9. The predicted octanol–water partition coefficient (Wildman–Crippen LogP) is -15.9. The minimum Gasteiger partial charge on any atom is -0.394 e. The Morgan fingerprint density at radius 2 is 0.526 bits per heavy atom. The van der Waals surface area contributed by atoms with Crippen molar-refractivity contribution in [3.05, 3.63) is 0 Å². The summed E-state index contributed by atoms with van der Waals surface area (Å²) in [5.41, 5.74) is 0. The van der Waals surface area contributed by atoms with Gasteiger partial charge in [-0.3, -0.25) is 0 Å². The smallest absolute Gasteiger partial charge is 0.221 e. The van der Waals surface area contributed by atoms with Crippen LogP contribution in [0.1, 0.15) is 0 Å². The SMILES string of the molecule is OC[C@H]1O[C@@H]2O[C@H]3C(O)C(O)[C@H](O[C@@H]3CO)O[C@H]3C(O)C(O)[C@H](O[C@@H]3CO)O[C@H]3C(O)C(O)[C@H](O[C@@H]3CO)O[C@H]3C(O)C(O)[C@H](O[C@@H]3CO)O[C@H]3C(O)C(O)C(OC1C(OC1O[C@@](O)(CO)[C@@H](O)[C@H](O)[C@@H]1O)C2O)O[C@@H]3CO. The van der Waals surface area contributed by atoms with Crippen molar-refractivity contribution >= 4 is 0 Å². The first-order valence-electron chi connectivity index (χ1n) is 24.7. The molecule has 0 amide bonds. The average Bonchev–Trinajstić information content (AvgIpc) is 3.51. The highest BCUT2D eigenvalue weighted by Crippen LogP contribution is 2.40. The zero-order chi connectivity index (χ0) is 57.0. The van der Waals surface area contributed by atoms with Crippen LogP contribution in [0.5, 0.6) is 0 Å². The molecule has 23 fully saturated rings. The molecule has 0 spiro atoms. The Morgan fingerprint density at radius 1 is 0.282 bits per heavy atom. The van der Waals surface area contributed by atoms with Gasteiger partial charge < -0.3 is 179 Å². The van der Waals surface area contributed by atoms with Crippen molar-refractivity contribution in [1.29, 1.82) is 0 Å². The van der Waals surface area contributed by atoms with Gasteiger partial charge in [0.25, 0.3) is 0 Å². The quantitative estimate of drug-likeness (QED) is 0.102. The van der Waals surface area contributed by atoms with E-state index >= 15 is 0 Å². The van der Waals surface area contributed by atoms with Crippen molar-refractivity contribution < 1.29 is 179 Å². The molecule has 0 aliphatic carbocycles. The Hall–Kier alpha value is -1.44. The van der Waals surface area contributed by atoms with Crippen LogP contribution in [0.15, 0.2) is 0 Å². The number of hydrogen-bond acceptors (Lipinski definition) is 36. The monoisotopic (exact) mass is 1150 g/mol. The molecule has 15 unspecified atom stereocenters. The van der Waals surface area contributed by atoms with E-state index in [1.54, 1.807) is 0 Å².